The molecule has 24 heavy (non-hydrogen) atoms. The van der Waals surface area contributed by atoms with Gasteiger partial charge in [0.15, 0.2) is 0 Å². The zero-order valence-electron chi connectivity index (χ0n) is 13.5. The van der Waals surface area contributed by atoms with E-state index in [9.17, 15) is 13.9 Å². The van der Waals surface area contributed by atoms with Crippen LogP contribution in [0.25, 0.3) is 0 Å². The minimum Gasteiger partial charge on any atom is -0.392 e. The van der Waals surface area contributed by atoms with Crippen LogP contribution in [0.3, 0.4) is 0 Å². The summed E-state index contributed by atoms with van der Waals surface area (Å²) >= 11 is 0. The number of hydrogen-bond donors (Lipinski definition) is 1. The van der Waals surface area contributed by atoms with E-state index in [1.165, 1.54) is 23.3 Å². The Labute approximate surface area is 140 Å². The molecule has 0 bridgehead atoms. The largest absolute Gasteiger partial charge is 0.392 e. The highest BCUT2D eigenvalue weighted by molar-refractivity contribution is 5.42. The average Bonchev–Trinajstić information content (AvgIpc) is 2.81. The summed E-state index contributed by atoms with van der Waals surface area (Å²) < 4.78 is 26.7. The lowest BCUT2D eigenvalue weighted by atomic mass is 9.72. The molecule has 0 saturated carbocycles. The van der Waals surface area contributed by atoms with Crippen molar-refractivity contribution in [3.63, 3.8) is 0 Å². The molecule has 1 atom stereocenters. The molecule has 0 amide bonds. The van der Waals surface area contributed by atoms with Crippen LogP contribution in [0.5, 0.6) is 0 Å². The van der Waals surface area contributed by atoms with E-state index >= 15 is 0 Å². The van der Waals surface area contributed by atoms with E-state index in [0.717, 1.165) is 38.4 Å². The van der Waals surface area contributed by atoms with Crippen LogP contribution in [-0.4, -0.2) is 29.2 Å². The minimum atomic E-state index is -0.529. The van der Waals surface area contributed by atoms with Crippen LogP contribution in [0.15, 0.2) is 42.5 Å². The predicted octanol–water partition coefficient (Wildman–Crippen LogP) is 3.42. The number of benzene rings is 2. The highest BCUT2D eigenvalue weighted by atomic mass is 19.1. The molecule has 0 radical (unpaired) electrons. The highest BCUT2D eigenvalue weighted by Gasteiger charge is 2.47. The summed E-state index contributed by atoms with van der Waals surface area (Å²) in [4.78, 5) is 2.22. The van der Waals surface area contributed by atoms with Gasteiger partial charge in [0.25, 0.3) is 0 Å². The van der Waals surface area contributed by atoms with Crippen LogP contribution in [0.2, 0.25) is 0 Å². The molecule has 2 aromatic carbocycles. The van der Waals surface area contributed by atoms with E-state index in [2.05, 4.69) is 17.0 Å². The third-order valence-corrected chi connectivity index (χ3v) is 5.68. The molecule has 1 aliphatic heterocycles. The molecule has 1 heterocycles. The summed E-state index contributed by atoms with van der Waals surface area (Å²) in [5.74, 6) is -1.06. The number of nitrogens with zero attached hydrogens (tertiary/aromatic N) is 1. The molecule has 1 aliphatic carbocycles. The number of aliphatic hydroxyl groups is 1. The number of rotatable bonds is 2. The Hall–Kier alpha value is -1.78. The number of aliphatic hydroxyl groups excluding tert-OH is 1. The van der Waals surface area contributed by atoms with Crippen LogP contribution < -0.4 is 0 Å². The fourth-order valence-corrected chi connectivity index (χ4v) is 4.44. The van der Waals surface area contributed by atoms with Gasteiger partial charge in [-0.05, 0) is 61.2 Å². The molecule has 0 aromatic heterocycles. The first kappa shape index (κ1) is 15.7. The molecule has 1 saturated heterocycles. The fourth-order valence-electron chi connectivity index (χ4n) is 4.44. The fraction of sp³-hybridized carbons (Fsp3) is 0.400. The number of halogens is 2. The van der Waals surface area contributed by atoms with Crippen LogP contribution in [0.4, 0.5) is 8.78 Å². The molecule has 2 aliphatic rings. The van der Waals surface area contributed by atoms with Gasteiger partial charge in [0.2, 0.25) is 0 Å². The number of piperidine rings is 1. The quantitative estimate of drug-likeness (QED) is 0.913. The van der Waals surface area contributed by atoms with Gasteiger partial charge in [-0.2, -0.15) is 0 Å². The Morgan fingerprint density at radius 1 is 1.04 bits per heavy atom. The van der Waals surface area contributed by atoms with Crippen molar-refractivity contribution in [2.24, 2.45) is 0 Å². The van der Waals surface area contributed by atoms with Crippen LogP contribution in [0, 0.1) is 11.6 Å². The lowest BCUT2D eigenvalue weighted by Gasteiger charge is -2.42. The van der Waals surface area contributed by atoms with Crippen molar-refractivity contribution in [2.45, 2.75) is 37.3 Å². The molecule has 126 valence electrons. The van der Waals surface area contributed by atoms with E-state index in [4.69, 9.17) is 0 Å². The second kappa shape index (κ2) is 5.94. The van der Waals surface area contributed by atoms with Crippen molar-refractivity contribution in [1.82, 2.24) is 4.90 Å². The van der Waals surface area contributed by atoms with Crippen LogP contribution in [0.1, 0.15) is 29.5 Å². The Morgan fingerprint density at radius 3 is 2.42 bits per heavy atom. The molecule has 0 unspecified atom stereocenters. The SMILES string of the molecule is O[C@@H]1Cc2ccccc2C12CCN(Cc1cc(F)cc(F)c1)CC2. The average molecular weight is 329 g/mol. The standard InChI is InChI=1S/C20H21F2NO/c21-16-9-14(10-17(22)12-16)13-23-7-5-20(6-8-23)18-4-2-1-3-15(18)11-19(20)24/h1-4,9-10,12,19,24H,5-8,11,13H2/t19-/m1/s1. The Bertz CT molecular complexity index is 733. The van der Waals surface area contributed by atoms with Gasteiger partial charge in [-0.1, -0.05) is 24.3 Å². The molecule has 1 N–H and O–H groups in total. The van der Waals surface area contributed by atoms with Gasteiger partial charge in [-0.15, -0.1) is 0 Å². The molecular formula is C20H21F2NO. The van der Waals surface area contributed by atoms with Gasteiger partial charge in [0.1, 0.15) is 11.6 Å². The van der Waals surface area contributed by atoms with Gasteiger partial charge >= 0.3 is 0 Å². The number of likely N-dealkylation sites (tertiary alicyclic amines) is 1. The summed E-state index contributed by atoms with van der Waals surface area (Å²) in [6.45, 7) is 2.19. The first-order valence-electron chi connectivity index (χ1n) is 8.51. The smallest absolute Gasteiger partial charge is 0.126 e. The molecule has 1 spiro atoms. The minimum absolute atomic E-state index is 0.152. The van der Waals surface area contributed by atoms with Gasteiger partial charge < -0.3 is 5.11 Å². The second-order valence-corrected chi connectivity index (χ2v) is 7.09. The van der Waals surface area contributed by atoms with Crippen LogP contribution >= 0.6 is 0 Å². The number of fused-ring (bicyclic) bond motifs is 2. The second-order valence-electron chi connectivity index (χ2n) is 7.09. The van der Waals surface area contributed by atoms with E-state index in [1.54, 1.807) is 0 Å². The maximum absolute atomic E-state index is 13.3. The first-order valence-corrected chi connectivity index (χ1v) is 8.51. The lowest BCUT2D eigenvalue weighted by Crippen LogP contribution is -2.47. The van der Waals surface area contributed by atoms with Gasteiger partial charge in [-0.25, -0.2) is 8.78 Å². The Balaban J connectivity index is 1.49. The first-order chi connectivity index (χ1) is 11.6. The Morgan fingerprint density at radius 2 is 1.71 bits per heavy atom. The highest BCUT2D eigenvalue weighted by Crippen LogP contribution is 2.46. The zero-order chi connectivity index (χ0) is 16.7. The summed E-state index contributed by atoms with van der Waals surface area (Å²) in [5.41, 5.74) is 3.05. The summed E-state index contributed by atoms with van der Waals surface area (Å²) in [7, 11) is 0. The molecule has 1 fully saturated rings. The van der Waals surface area contributed by atoms with Crippen molar-refractivity contribution in [3.8, 4) is 0 Å². The molecule has 2 nitrogen and oxygen atoms in total. The van der Waals surface area contributed by atoms with Crippen molar-refractivity contribution in [1.29, 1.82) is 0 Å². The van der Waals surface area contributed by atoms with Gasteiger partial charge in [0, 0.05) is 18.0 Å². The van der Waals surface area contributed by atoms with Gasteiger partial charge in [0.05, 0.1) is 6.10 Å². The van der Waals surface area contributed by atoms with Crippen molar-refractivity contribution in [3.05, 3.63) is 70.8 Å². The summed E-state index contributed by atoms with van der Waals surface area (Å²) in [6.07, 6.45) is 2.15. The third-order valence-electron chi connectivity index (χ3n) is 5.68. The molecular weight excluding hydrogens is 308 g/mol. The van der Waals surface area contributed by atoms with E-state index in [-0.39, 0.29) is 11.5 Å². The van der Waals surface area contributed by atoms with Crippen molar-refractivity contribution < 1.29 is 13.9 Å². The molecule has 2 aromatic rings. The number of hydrogen-bond acceptors (Lipinski definition) is 2. The van der Waals surface area contributed by atoms with E-state index < -0.39 is 11.6 Å². The van der Waals surface area contributed by atoms with E-state index in [1.807, 2.05) is 12.1 Å². The van der Waals surface area contributed by atoms with Crippen LogP contribution in [-0.2, 0) is 18.4 Å². The topological polar surface area (TPSA) is 23.5 Å². The summed E-state index contributed by atoms with van der Waals surface area (Å²) in [5, 5.41) is 10.7. The normalized spacial score (nSPS) is 22.7. The maximum atomic E-state index is 13.3. The van der Waals surface area contributed by atoms with Crippen molar-refractivity contribution in [2.75, 3.05) is 13.1 Å². The molecule has 4 rings (SSSR count). The zero-order valence-corrected chi connectivity index (χ0v) is 13.5. The monoisotopic (exact) mass is 329 g/mol. The summed E-state index contributed by atoms with van der Waals surface area (Å²) in [6, 6.07) is 12.0. The molecule has 4 heteroatoms. The Kier molecular flexibility index (Phi) is 3.89. The maximum Gasteiger partial charge on any atom is 0.126 e. The van der Waals surface area contributed by atoms with Gasteiger partial charge in [-0.3, -0.25) is 4.90 Å². The lowest BCUT2D eigenvalue weighted by molar-refractivity contribution is 0.0413. The van der Waals surface area contributed by atoms with Crippen molar-refractivity contribution >= 4 is 0 Å². The van der Waals surface area contributed by atoms with E-state index in [0.29, 0.717) is 12.1 Å². The third kappa shape index (κ3) is 2.64. The predicted molar refractivity (Wildman–Crippen MR) is 88.7 cm³/mol.